The fourth-order valence-corrected chi connectivity index (χ4v) is 6.59. The zero-order valence-electron chi connectivity index (χ0n) is 17.9. The number of ether oxygens (including phenoxy) is 5. The standard InChI is InChI=1S/C19H34O7S2/c1-8-27-19(28-9-2,16(21)22-7)10-12-15(26-18(5,6)24-12)14(20)13-11-23-17(3,4)25-13/h12-15,20H,8-11H2,1-7H3/t12-,13-,14-,15-/m1/s1. The summed E-state index contributed by atoms with van der Waals surface area (Å²) in [6, 6.07) is 0. The van der Waals surface area contributed by atoms with Gasteiger partial charge in [0.25, 0.3) is 0 Å². The molecule has 0 saturated carbocycles. The predicted molar refractivity (Wildman–Crippen MR) is 110 cm³/mol. The van der Waals surface area contributed by atoms with Crippen molar-refractivity contribution in [2.75, 3.05) is 25.2 Å². The smallest absolute Gasteiger partial charge is 0.332 e. The van der Waals surface area contributed by atoms with Crippen LogP contribution in [-0.4, -0.2) is 76.4 Å². The van der Waals surface area contributed by atoms with Crippen molar-refractivity contribution in [3.63, 3.8) is 0 Å². The van der Waals surface area contributed by atoms with Crippen LogP contribution >= 0.6 is 23.5 Å². The van der Waals surface area contributed by atoms with Crippen molar-refractivity contribution < 1.29 is 33.6 Å². The van der Waals surface area contributed by atoms with Crippen molar-refractivity contribution in [3.05, 3.63) is 0 Å². The van der Waals surface area contributed by atoms with E-state index in [1.165, 1.54) is 30.6 Å². The third-order valence-corrected chi connectivity index (χ3v) is 7.57. The second kappa shape index (κ2) is 9.41. The average molecular weight is 439 g/mol. The van der Waals surface area contributed by atoms with Crippen molar-refractivity contribution in [2.45, 2.75) is 88.0 Å². The van der Waals surface area contributed by atoms with Crippen LogP contribution < -0.4 is 0 Å². The number of aliphatic hydroxyl groups excluding tert-OH is 1. The van der Waals surface area contributed by atoms with Crippen LogP contribution in [0.1, 0.15) is 48.0 Å². The Labute approximate surface area is 176 Å². The minimum absolute atomic E-state index is 0.275. The maximum atomic E-state index is 12.7. The molecular weight excluding hydrogens is 404 g/mol. The van der Waals surface area contributed by atoms with E-state index in [1.54, 1.807) is 0 Å². The highest BCUT2D eigenvalue weighted by molar-refractivity contribution is 8.19. The molecule has 0 bridgehead atoms. The van der Waals surface area contributed by atoms with Crippen molar-refractivity contribution in [1.29, 1.82) is 0 Å². The van der Waals surface area contributed by atoms with Crippen molar-refractivity contribution in [2.24, 2.45) is 0 Å². The molecule has 0 aromatic carbocycles. The fraction of sp³-hybridized carbons (Fsp3) is 0.947. The Balaban J connectivity index is 2.25. The Morgan fingerprint density at radius 1 is 1.14 bits per heavy atom. The first-order valence-electron chi connectivity index (χ1n) is 9.71. The molecule has 0 radical (unpaired) electrons. The second-order valence-electron chi connectivity index (χ2n) is 7.81. The minimum Gasteiger partial charge on any atom is -0.467 e. The lowest BCUT2D eigenvalue weighted by molar-refractivity contribution is -0.178. The summed E-state index contributed by atoms with van der Waals surface area (Å²) in [5, 5.41) is 11.0. The van der Waals surface area contributed by atoms with Crippen LogP contribution in [0.25, 0.3) is 0 Å². The number of aliphatic hydroxyl groups is 1. The highest BCUT2D eigenvalue weighted by Crippen LogP contribution is 2.46. The van der Waals surface area contributed by atoms with Gasteiger partial charge < -0.3 is 28.8 Å². The zero-order chi connectivity index (χ0) is 21.2. The van der Waals surface area contributed by atoms with Gasteiger partial charge in [-0.25, -0.2) is 4.79 Å². The molecule has 0 aromatic heterocycles. The molecule has 1 N–H and O–H groups in total. The Morgan fingerprint density at radius 2 is 1.75 bits per heavy atom. The quantitative estimate of drug-likeness (QED) is 0.431. The summed E-state index contributed by atoms with van der Waals surface area (Å²) in [5.74, 6) is -0.419. The Bertz CT molecular complexity index is 534. The van der Waals surface area contributed by atoms with Gasteiger partial charge in [0, 0.05) is 6.42 Å². The number of methoxy groups -OCH3 is 1. The number of esters is 1. The zero-order valence-corrected chi connectivity index (χ0v) is 19.5. The molecule has 0 aliphatic carbocycles. The van der Waals surface area contributed by atoms with E-state index < -0.39 is 40.1 Å². The molecule has 2 aliphatic heterocycles. The molecule has 28 heavy (non-hydrogen) atoms. The first kappa shape index (κ1) is 24.2. The first-order valence-corrected chi connectivity index (χ1v) is 11.7. The van der Waals surface area contributed by atoms with Gasteiger partial charge in [0.15, 0.2) is 15.7 Å². The summed E-state index contributed by atoms with van der Waals surface area (Å²) < 4.78 is 27.9. The van der Waals surface area contributed by atoms with E-state index in [0.29, 0.717) is 6.42 Å². The van der Waals surface area contributed by atoms with Crippen molar-refractivity contribution in [1.82, 2.24) is 0 Å². The van der Waals surface area contributed by atoms with Gasteiger partial charge in [-0.05, 0) is 39.2 Å². The van der Waals surface area contributed by atoms with Gasteiger partial charge in [0.1, 0.15) is 18.3 Å². The Hall–Kier alpha value is -0.0300. The van der Waals surface area contributed by atoms with Gasteiger partial charge in [-0.15, -0.1) is 23.5 Å². The van der Waals surface area contributed by atoms with Crippen LogP contribution in [0.15, 0.2) is 0 Å². The Kier molecular flexibility index (Phi) is 8.15. The topological polar surface area (TPSA) is 83.5 Å². The number of carbonyl (C=O) groups excluding carboxylic acids is 1. The highest BCUT2D eigenvalue weighted by atomic mass is 32.2. The van der Waals surface area contributed by atoms with Crippen LogP contribution in [0.2, 0.25) is 0 Å². The van der Waals surface area contributed by atoms with Crippen LogP contribution in [0, 0.1) is 0 Å². The molecule has 2 fully saturated rings. The molecule has 0 unspecified atom stereocenters. The number of rotatable bonds is 9. The second-order valence-corrected chi connectivity index (χ2v) is 11.2. The number of thioether (sulfide) groups is 2. The molecule has 9 heteroatoms. The predicted octanol–water partition coefficient (Wildman–Crippen LogP) is 2.78. The van der Waals surface area contributed by atoms with E-state index in [0.717, 1.165) is 11.5 Å². The molecular formula is C19H34O7S2. The first-order chi connectivity index (χ1) is 13.0. The third kappa shape index (κ3) is 5.56. The van der Waals surface area contributed by atoms with Crippen LogP contribution in [0.5, 0.6) is 0 Å². The lowest BCUT2D eigenvalue weighted by Crippen LogP contribution is -2.48. The van der Waals surface area contributed by atoms with E-state index >= 15 is 0 Å². The molecule has 2 aliphatic rings. The maximum absolute atomic E-state index is 12.7. The van der Waals surface area contributed by atoms with Gasteiger partial charge in [0.2, 0.25) is 0 Å². The van der Waals surface area contributed by atoms with E-state index in [1.807, 2.05) is 41.5 Å². The third-order valence-electron chi connectivity index (χ3n) is 4.69. The SMILES string of the molecule is CCSC(C[C@H]1OC(C)(C)O[C@H]1[C@H](O)[C@H]1COC(C)(C)O1)(SCC)C(=O)OC. The summed E-state index contributed by atoms with van der Waals surface area (Å²) in [5.41, 5.74) is 0. The van der Waals surface area contributed by atoms with Gasteiger partial charge >= 0.3 is 5.97 Å². The molecule has 2 saturated heterocycles. The molecule has 0 spiro atoms. The minimum atomic E-state index is -0.942. The van der Waals surface area contributed by atoms with E-state index in [-0.39, 0.29) is 12.6 Å². The molecule has 164 valence electrons. The lowest BCUT2D eigenvalue weighted by atomic mass is 9.99. The van der Waals surface area contributed by atoms with Crippen LogP contribution in [0.3, 0.4) is 0 Å². The Morgan fingerprint density at radius 3 is 2.21 bits per heavy atom. The molecule has 0 amide bonds. The normalized spacial score (nSPS) is 30.4. The van der Waals surface area contributed by atoms with Gasteiger partial charge in [0.05, 0.1) is 19.8 Å². The number of carbonyl (C=O) groups is 1. The maximum Gasteiger partial charge on any atom is 0.332 e. The van der Waals surface area contributed by atoms with E-state index in [4.69, 9.17) is 23.7 Å². The largest absolute Gasteiger partial charge is 0.467 e. The molecule has 2 rings (SSSR count). The monoisotopic (exact) mass is 438 g/mol. The average Bonchev–Trinajstić information content (AvgIpc) is 3.12. The number of hydrogen-bond donors (Lipinski definition) is 1. The van der Waals surface area contributed by atoms with Crippen LogP contribution in [0.4, 0.5) is 0 Å². The molecule has 0 aromatic rings. The van der Waals surface area contributed by atoms with Gasteiger partial charge in [-0.1, -0.05) is 13.8 Å². The van der Waals surface area contributed by atoms with Gasteiger partial charge in [-0.3, -0.25) is 0 Å². The summed E-state index contributed by atoms with van der Waals surface area (Å²) in [6.45, 7) is 11.5. The van der Waals surface area contributed by atoms with E-state index in [9.17, 15) is 9.90 Å². The summed E-state index contributed by atoms with van der Waals surface area (Å²) >= 11 is 3.06. The number of hydrogen-bond acceptors (Lipinski definition) is 9. The van der Waals surface area contributed by atoms with E-state index in [2.05, 4.69) is 0 Å². The summed E-state index contributed by atoms with van der Waals surface area (Å²) in [4.78, 5) is 12.7. The fourth-order valence-electron chi connectivity index (χ4n) is 3.65. The van der Waals surface area contributed by atoms with Crippen LogP contribution in [-0.2, 0) is 28.5 Å². The van der Waals surface area contributed by atoms with Crippen molar-refractivity contribution in [3.8, 4) is 0 Å². The molecule has 4 atom stereocenters. The molecule has 7 nitrogen and oxygen atoms in total. The lowest BCUT2D eigenvalue weighted by Gasteiger charge is -2.34. The van der Waals surface area contributed by atoms with Crippen molar-refractivity contribution >= 4 is 29.5 Å². The summed E-state index contributed by atoms with van der Waals surface area (Å²) in [6.07, 6.45) is -2.24. The van der Waals surface area contributed by atoms with Gasteiger partial charge in [-0.2, -0.15) is 0 Å². The summed E-state index contributed by atoms with van der Waals surface area (Å²) in [7, 11) is 1.40. The highest BCUT2D eigenvalue weighted by Gasteiger charge is 2.54. The molecule has 2 heterocycles.